The number of hydrogen-bond acceptors (Lipinski definition) is 5. The van der Waals surface area contributed by atoms with Crippen LogP contribution in [0.1, 0.15) is 26.0 Å². The Morgan fingerprint density at radius 1 is 1.10 bits per heavy atom. The van der Waals surface area contributed by atoms with Gasteiger partial charge < -0.3 is 16.2 Å². The number of halogens is 1. The van der Waals surface area contributed by atoms with Gasteiger partial charge in [0.25, 0.3) is 0 Å². The summed E-state index contributed by atoms with van der Waals surface area (Å²) < 4.78 is 0. The number of nitrogens with zero attached hydrogens (tertiary/aromatic N) is 2. The van der Waals surface area contributed by atoms with E-state index in [-0.39, 0.29) is 11.8 Å². The normalized spacial score (nSPS) is 12.2. The molecule has 6 heteroatoms. The van der Waals surface area contributed by atoms with Crippen molar-refractivity contribution in [3.05, 3.63) is 59.2 Å². The van der Waals surface area contributed by atoms with E-state index in [0.717, 1.165) is 23.2 Å². The number of aromatic hydroxyl groups is 1. The van der Waals surface area contributed by atoms with Crippen LogP contribution in [0.3, 0.4) is 0 Å². The molecule has 2 aromatic carbocycles. The number of phenolic OH excluding ortho intramolecular Hbond substituents is 1. The summed E-state index contributed by atoms with van der Waals surface area (Å²) in [6.45, 7) is 6.85. The van der Waals surface area contributed by atoms with Crippen molar-refractivity contribution < 1.29 is 5.11 Å². The van der Waals surface area contributed by atoms with Gasteiger partial charge in [0.05, 0.1) is 11.3 Å². The monoisotopic (exact) mass is 410 g/mol. The van der Waals surface area contributed by atoms with Crippen LogP contribution in [-0.4, -0.2) is 27.7 Å². The van der Waals surface area contributed by atoms with Crippen LogP contribution in [0.2, 0.25) is 5.02 Å². The second-order valence-corrected chi connectivity index (χ2v) is 8.09. The molecule has 0 spiro atoms. The molecule has 152 valence electrons. The van der Waals surface area contributed by atoms with Crippen molar-refractivity contribution >= 4 is 17.4 Å². The Hall–Kier alpha value is -2.63. The van der Waals surface area contributed by atoms with E-state index in [2.05, 4.69) is 24.1 Å². The molecular formula is C23H27ClN4O. The molecule has 0 unspecified atom stereocenters. The van der Waals surface area contributed by atoms with Crippen LogP contribution in [0.15, 0.2) is 48.5 Å². The minimum atomic E-state index is 0.0110. The van der Waals surface area contributed by atoms with Crippen molar-refractivity contribution in [2.45, 2.75) is 33.2 Å². The van der Waals surface area contributed by atoms with Gasteiger partial charge in [-0.25, -0.2) is 9.97 Å². The third-order valence-electron chi connectivity index (χ3n) is 4.66. The van der Waals surface area contributed by atoms with Gasteiger partial charge in [0.2, 0.25) is 0 Å². The summed E-state index contributed by atoms with van der Waals surface area (Å²) in [5.74, 6) is 1.72. The first-order chi connectivity index (χ1) is 13.8. The third-order valence-corrected chi connectivity index (χ3v) is 4.89. The molecule has 0 radical (unpaired) electrons. The van der Waals surface area contributed by atoms with E-state index in [1.807, 2.05) is 37.3 Å². The Kier molecular flexibility index (Phi) is 6.72. The molecule has 29 heavy (non-hydrogen) atoms. The molecule has 3 aromatic rings. The lowest BCUT2D eigenvalue weighted by atomic mass is 10.0. The van der Waals surface area contributed by atoms with Gasteiger partial charge in [0.1, 0.15) is 11.6 Å². The minimum absolute atomic E-state index is 0.0110. The number of rotatable bonds is 7. The van der Waals surface area contributed by atoms with Crippen LogP contribution in [-0.2, 0) is 0 Å². The fourth-order valence-corrected chi connectivity index (χ4v) is 3.55. The van der Waals surface area contributed by atoms with Gasteiger partial charge in [-0.3, -0.25) is 0 Å². The Bertz CT molecular complexity index is 976. The van der Waals surface area contributed by atoms with E-state index in [4.69, 9.17) is 22.3 Å². The van der Waals surface area contributed by atoms with Crippen molar-refractivity contribution in [3.8, 4) is 28.3 Å². The largest absolute Gasteiger partial charge is 0.507 e. The molecular weight excluding hydrogens is 384 g/mol. The highest BCUT2D eigenvalue weighted by Gasteiger charge is 2.17. The maximum Gasteiger partial charge on any atom is 0.165 e. The Balaban J connectivity index is 2.06. The minimum Gasteiger partial charge on any atom is -0.507 e. The van der Waals surface area contributed by atoms with Gasteiger partial charge in [-0.2, -0.15) is 0 Å². The molecule has 0 fully saturated rings. The molecule has 0 saturated heterocycles. The van der Waals surface area contributed by atoms with Gasteiger partial charge >= 0.3 is 0 Å². The SMILES string of the molecule is Cc1nc(-c2cc(Cl)ccc2O)nc(NC[C@H](N)CC(C)C)c1-c1ccccc1. The molecule has 0 aliphatic heterocycles. The standard InChI is InChI=1S/C23H27ClN4O/c1-14(2)11-18(25)13-26-23-21(16-7-5-4-6-8-16)15(3)27-22(28-23)19-12-17(24)9-10-20(19)29/h4-10,12,14,18,29H,11,13,25H2,1-3H3,(H,26,27,28)/t18-/m1/s1. The summed E-state index contributed by atoms with van der Waals surface area (Å²) in [7, 11) is 0. The van der Waals surface area contributed by atoms with E-state index in [0.29, 0.717) is 34.7 Å². The smallest absolute Gasteiger partial charge is 0.165 e. The quantitative estimate of drug-likeness (QED) is 0.494. The Morgan fingerprint density at radius 3 is 2.52 bits per heavy atom. The predicted octanol–water partition coefficient (Wildman–Crippen LogP) is 5.26. The number of nitrogens with two attached hydrogens (primary N) is 1. The van der Waals surface area contributed by atoms with Crippen molar-refractivity contribution in [2.75, 3.05) is 11.9 Å². The molecule has 0 bridgehead atoms. The number of aryl methyl sites for hydroxylation is 1. The molecule has 5 nitrogen and oxygen atoms in total. The number of anilines is 1. The Morgan fingerprint density at radius 2 is 1.83 bits per heavy atom. The average Bonchev–Trinajstić information content (AvgIpc) is 2.68. The maximum absolute atomic E-state index is 10.3. The molecule has 0 amide bonds. The molecule has 0 saturated carbocycles. The van der Waals surface area contributed by atoms with Crippen LogP contribution in [0.5, 0.6) is 5.75 Å². The van der Waals surface area contributed by atoms with Crippen LogP contribution in [0.25, 0.3) is 22.5 Å². The first-order valence-electron chi connectivity index (χ1n) is 9.77. The van der Waals surface area contributed by atoms with Gasteiger partial charge in [-0.15, -0.1) is 0 Å². The first kappa shape index (κ1) is 21.1. The van der Waals surface area contributed by atoms with Crippen molar-refractivity contribution in [1.29, 1.82) is 0 Å². The molecule has 4 N–H and O–H groups in total. The van der Waals surface area contributed by atoms with Crippen molar-refractivity contribution in [3.63, 3.8) is 0 Å². The van der Waals surface area contributed by atoms with E-state index in [1.54, 1.807) is 18.2 Å². The molecule has 1 heterocycles. The number of phenols is 1. The van der Waals surface area contributed by atoms with Gasteiger partial charge in [-0.05, 0) is 43.0 Å². The molecule has 0 aliphatic carbocycles. The number of benzene rings is 2. The summed E-state index contributed by atoms with van der Waals surface area (Å²) in [5.41, 5.74) is 9.52. The number of hydrogen-bond donors (Lipinski definition) is 3. The van der Waals surface area contributed by atoms with E-state index >= 15 is 0 Å². The van der Waals surface area contributed by atoms with Crippen molar-refractivity contribution in [1.82, 2.24) is 9.97 Å². The summed E-state index contributed by atoms with van der Waals surface area (Å²) in [6, 6.07) is 14.9. The summed E-state index contributed by atoms with van der Waals surface area (Å²) in [5, 5.41) is 14.2. The second-order valence-electron chi connectivity index (χ2n) is 7.65. The highest BCUT2D eigenvalue weighted by atomic mass is 35.5. The molecule has 0 aliphatic rings. The lowest BCUT2D eigenvalue weighted by molar-refractivity contribution is 0.477. The topological polar surface area (TPSA) is 84.1 Å². The van der Waals surface area contributed by atoms with E-state index in [1.165, 1.54) is 0 Å². The molecule has 1 aromatic heterocycles. The molecule has 1 atom stereocenters. The van der Waals surface area contributed by atoms with Crippen LogP contribution in [0, 0.1) is 12.8 Å². The average molecular weight is 411 g/mol. The third kappa shape index (κ3) is 5.25. The Labute approximate surface area is 177 Å². The lowest BCUT2D eigenvalue weighted by Crippen LogP contribution is -2.31. The lowest BCUT2D eigenvalue weighted by Gasteiger charge is -2.19. The number of nitrogens with one attached hydrogen (secondary N) is 1. The summed E-state index contributed by atoms with van der Waals surface area (Å²) in [6.07, 6.45) is 0.916. The van der Waals surface area contributed by atoms with E-state index < -0.39 is 0 Å². The van der Waals surface area contributed by atoms with Crippen LogP contribution in [0.4, 0.5) is 5.82 Å². The van der Waals surface area contributed by atoms with E-state index in [9.17, 15) is 5.11 Å². The van der Waals surface area contributed by atoms with Crippen LogP contribution < -0.4 is 11.1 Å². The zero-order chi connectivity index (χ0) is 21.0. The second kappa shape index (κ2) is 9.25. The first-order valence-corrected chi connectivity index (χ1v) is 10.2. The number of aromatic nitrogens is 2. The van der Waals surface area contributed by atoms with Gasteiger partial charge in [-0.1, -0.05) is 55.8 Å². The van der Waals surface area contributed by atoms with Crippen molar-refractivity contribution in [2.24, 2.45) is 11.7 Å². The summed E-state index contributed by atoms with van der Waals surface area (Å²) >= 11 is 6.13. The zero-order valence-corrected chi connectivity index (χ0v) is 17.7. The highest BCUT2D eigenvalue weighted by molar-refractivity contribution is 6.30. The van der Waals surface area contributed by atoms with Crippen LogP contribution >= 0.6 is 11.6 Å². The predicted molar refractivity (Wildman–Crippen MR) is 120 cm³/mol. The summed E-state index contributed by atoms with van der Waals surface area (Å²) in [4.78, 5) is 9.39. The fourth-order valence-electron chi connectivity index (χ4n) is 3.38. The molecule has 3 rings (SSSR count). The highest BCUT2D eigenvalue weighted by Crippen LogP contribution is 2.35. The van der Waals surface area contributed by atoms with Gasteiger partial charge in [0.15, 0.2) is 5.82 Å². The van der Waals surface area contributed by atoms with Gasteiger partial charge in [0, 0.05) is 23.2 Å². The zero-order valence-electron chi connectivity index (χ0n) is 17.0. The maximum atomic E-state index is 10.3. The fraction of sp³-hybridized carbons (Fsp3) is 0.304.